The van der Waals surface area contributed by atoms with Crippen LogP contribution in [-0.2, 0) is 120 Å². The zero-order chi connectivity index (χ0) is 63.3. The number of carbonyl (C=O) groups excluding carboxylic acids is 4. The van der Waals surface area contributed by atoms with Crippen LogP contribution in [0, 0.1) is 0 Å². The second-order valence-electron chi connectivity index (χ2n) is 25.5. The zero-order valence-corrected chi connectivity index (χ0v) is 57.2. The third-order valence-electron chi connectivity index (χ3n) is 15.2. The molecule has 4 fully saturated rings. The van der Waals surface area contributed by atoms with E-state index in [1.807, 2.05) is 83.1 Å². The minimum atomic E-state index is -3.78. The van der Waals surface area contributed by atoms with Crippen molar-refractivity contribution in [1.29, 1.82) is 0 Å². The van der Waals surface area contributed by atoms with E-state index in [2.05, 4.69) is 0 Å². The molecule has 26 heteroatoms. The van der Waals surface area contributed by atoms with Gasteiger partial charge in [0.1, 0.15) is 0 Å². The summed E-state index contributed by atoms with van der Waals surface area (Å²) in [5.41, 5.74) is 3.84. The summed E-state index contributed by atoms with van der Waals surface area (Å²) in [5, 5.41) is 44.2. The second-order valence-corrected chi connectivity index (χ2v) is 33.0. The Morgan fingerprint density at radius 2 is 0.453 bits per heavy atom. The molecule has 0 aromatic heterocycles. The van der Waals surface area contributed by atoms with Crippen molar-refractivity contribution in [3.63, 3.8) is 0 Å². The third-order valence-corrected chi connectivity index (χ3v) is 22.9. The fourth-order valence-electron chi connectivity index (χ4n) is 10.1. The van der Waals surface area contributed by atoms with Crippen molar-refractivity contribution in [3.05, 3.63) is 119 Å². The number of sulfonamides is 4. The molecule has 4 aliphatic rings. The molecule has 4 aromatic carbocycles. The Bertz CT molecular complexity index is 2990. The summed E-state index contributed by atoms with van der Waals surface area (Å²) in [5.74, 6) is -5.32. The van der Waals surface area contributed by atoms with Gasteiger partial charge in [-0.1, -0.05) is 132 Å². The fourth-order valence-corrected chi connectivity index (χ4v) is 16.7. The minimum absolute atomic E-state index is 0. The van der Waals surface area contributed by atoms with Gasteiger partial charge in [0.15, 0.2) is 0 Å². The van der Waals surface area contributed by atoms with Gasteiger partial charge in [0.2, 0.25) is 40.1 Å². The van der Waals surface area contributed by atoms with Crippen LogP contribution in [0.2, 0.25) is 0 Å². The molecule has 0 saturated carbocycles. The average molecular weight is 1450 g/mol. The molecule has 4 aliphatic heterocycles. The van der Waals surface area contributed by atoms with Crippen molar-refractivity contribution in [1.82, 2.24) is 17.2 Å². The van der Waals surface area contributed by atoms with Crippen molar-refractivity contribution in [3.8, 4) is 0 Å². The van der Waals surface area contributed by atoms with Crippen molar-refractivity contribution in [2.24, 2.45) is 0 Å². The molecule has 86 heavy (non-hydrogen) atoms. The van der Waals surface area contributed by atoms with E-state index < -0.39 is 88.1 Å². The quantitative estimate of drug-likeness (QED) is 0.183. The van der Waals surface area contributed by atoms with E-state index in [9.17, 15) is 73.3 Å². The molecular weight excluding hydrogens is 1370 g/mol. The summed E-state index contributed by atoms with van der Waals surface area (Å²) >= 11 is 0. The molecule has 4 atom stereocenters. The van der Waals surface area contributed by atoms with Gasteiger partial charge in [-0.3, -0.25) is 0 Å². The standard InChI is InChI=1S/4C15H21NO4S.2Rh/c4*1-15(2,3)11-6-8-12(9-7-11)21(19,20)16-10-4-5-13(16)14(17)18;;/h4*6-9,13H,4-5,10H2,1-3H3,(H,17,18);;/q;;;;2*+2/p-4. The number of nitrogens with zero attached hydrogens (tertiary/aromatic N) is 4. The van der Waals surface area contributed by atoms with Gasteiger partial charge in [0.05, 0.1) is 67.6 Å². The molecule has 8 rings (SSSR count). The van der Waals surface area contributed by atoms with Gasteiger partial charge in [0.25, 0.3) is 0 Å². The number of aliphatic carboxylic acids is 4. The van der Waals surface area contributed by atoms with Gasteiger partial charge in [-0.15, -0.1) is 0 Å². The number of carboxylic acid groups (broad SMARTS) is 4. The largest absolute Gasteiger partial charge is 2.00 e. The first kappa shape index (κ1) is 75.9. The molecule has 0 N–H and O–H groups in total. The predicted molar refractivity (Wildman–Crippen MR) is 308 cm³/mol. The van der Waals surface area contributed by atoms with Crippen molar-refractivity contribution < 1.29 is 112 Å². The van der Waals surface area contributed by atoms with E-state index in [-0.39, 0.29) is 106 Å². The fraction of sp³-hybridized carbons (Fsp3) is 0.533. The van der Waals surface area contributed by atoms with Crippen molar-refractivity contribution >= 4 is 64.0 Å². The number of benzene rings is 4. The molecular formula is C60H80N4O16Rh2S4. The molecule has 4 heterocycles. The first-order valence-electron chi connectivity index (χ1n) is 27.9. The minimum Gasteiger partial charge on any atom is -0.548 e. The topological polar surface area (TPSA) is 310 Å². The summed E-state index contributed by atoms with van der Waals surface area (Å²) in [6, 6.07) is 22.3. The summed E-state index contributed by atoms with van der Waals surface area (Å²) in [6.45, 7) is 25.4. The molecule has 0 bridgehead atoms. The maximum Gasteiger partial charge on any atom is 2.00 e. The van der Waals surface area contributed by atoms with Crippen LogP contribution < -0.4 is 20.4 Å². The van der Waals surface area contributed by atoms with Gasteiger partial charge in [0, 0.05) is 26.2 Å². The molecule has 4 aromatic rings. The molecule has 478 valence electrons. The molecule has 2 radical (unpaired) electrons. The maximum absolute atomic E-state index is 12.5. The summed E-state index contributed by atoms with van der Waals surface area (Å²) in [7, 11) is -15.1. The van der Waals surface area contributed by atoms with Gasteiger partial charge in [-0.25, -0.2) is 33.7 Å². The maximum atomic E-state index is 12.5. The van der Waals surface area contributed by atoms with E-state index in [1.54, 1.807) is 97.1 Å². The van der Waals surface area contributed by atoms with Crippen molar-refractivity contribution in [2.45, 2.75) is 200 Å². The summed E-state index contributed by atoms with van der Waals surface area (Å²) in [4.78, 5) is 44.7. The van der Waals surface area contributed by atoms with Crippen LogP contribution in [0.3, 0.4) is 0 Å². The number of hydrogen-bond acceptors (Lipinski definition) is 16. The Labute approximate surface area is 534 Å². The zero-order valence-electron chi connectivity index (χ0n) is 50.7. The van der Waals surface area contributed by atoms with Crippen LogP contribution in [0.4, 0.5) is 0 Å². The Balaban J connectivity index is 0.000000298. The van der Waals surface area contributed by atoms with Crippen LogP contribution in [0.1, 0.15) is 157 Å². The number of carbonyl (C=O) groups is 4. The van der Waals surface area contributed by atoms with Crippen LogP contribution in [0.25, 0.3) is 0 Å². The van der Waals surface area contributed by atoms with Gasteiger partial charge < -0.3 is 39.6 Å². The normalized spacial score (nSPS) is 20.1. The summed E-state index contributed by atoms with van der Waals surface area (Å²) in [6.07, 6.45) is 3.39. The smallest absolute Gasteiger partial charge is 0.548 e. The number of hydrogen-bond donors (Lipinski definition) is 0. The predicted octanol–water partition coefficient (Wildman–Crippen LogP) is 3.54. The van der Waals surface area contributed by atoms with Gasteiger partial charge in [-0.05, 0) is 144 Å². The first-order valence-corrected chi connectivity index (χ1v) is 33.6. The summed E-state index contributed by atoms with van der Waals surface area (Å²) < 4.78 is 105. The van der Waals surface area contributed by atoms with Crippen LogP contribution in [0.5, 0.6) is 0 Å². The van der Waals surface area contributed by atoms with Crippen LogP contribution >= 0.6 is 0 Å². The van der Waals surface area contributed by atoms with E-state index in [0.29, 0.717) is 51.4 Å². The first-order chi connectivity index (χ1) is 38.5. The Kier molecular flexibility index (Phi) is 26.1. The molecule has 0 aliphatic carbocycles. The van der Waals surface area contributed by atoms with E-state index in [4.69, 9.17) is 0 Å². The van der Waals surface area contributed by atoms with Gasteiger partial charge in [-0.2, -0.15) is 17.2 Å². The van der Waals surface area contributed by atoms with Crippen molar-refractivity contribution in [2.75, 3.05) is 26.2 Å². The molecule has 20 nitrogen and oxygen atoms in total. The third kappa shape index (κ3) is 18.4. The Morgan fingerprint density at radius 3 is 0.570 bits per heavy atom. The van der Waals surface area contributed by atoms with Crippen LogP contribution in [0.15, 0.2) is 117 Å². The molecule has 4 saturated heterocycles. The number of rotatable bonds is 12. The monoisotopic (exact) mass is 1450 g/mol. The molecule has 0 spiro atoms. The SMILES string of the molecule is CC(C)(C)c1ccc(S(=O)(=O)N2CCCC2C(=O)[O-])cc1.CC(C)(C)c1ccc(S(=O)(=O)N2CCCC2C(=O)[O-])cc1.CC(C)(C)c1ccc(S(=O)(=O)N2CCCC2C(=O)[O-])cc1.CC(C)(C)c1ccc(S(=O)(=O)N2CCCC2C(=O)[O-])cc1.[Rh+2].[Rh+2]. The van der Waals surface area contributed by atoms with Gasteiger partial charge >= 0.3 is 39.0 Å². The van der Waals surface area contributed by atoms with E-state index in [0.717, 1.165) is 39.5 Å². The Hall–Kier alpha value is -4.35. The number of carboxylic acids is 4. The van der Waals surface area contributed by atoms with E-state index in [1.165, 1.54) is 0 Å². The van der Waals surface area contributed by atoms with E-state index >= 15 is 0 Å². The average Bonchev–Trinajstić information content (AvgIpc) is 2.47. The van der Waals surface area contributed by atoms with Crippen LogP contribution in [-0.4, -0.2) is 125 Å². The molecule has 4 unspecified atom stereocenters. The molecule has 0 amide bonds. The second kappa shape index (κ2) is 29.5. The Morgan fingerprint density at radius 1 is 0.314 bits per heavy atom.